The van der Waals surface area contributed by atoms with Crippen molar-refractivity contribution in [3.05, 3.63) is 29.6 Å². The predicted octanol–water partition coefficient (Wildman–Crippen LogP) is 2.43. The van der Waals surface area contributed by atoms with Crippen LogP contribution in [0.5, 0.6) is 0 Å². The van der Waals surface area contributed by atoms with Crippen LogP contribution in [0, 0.1) is 12.3 Å². The summed E-state index contributed by atoms with van der Waals surface area (Å²) in [5.41, 5.74) is 2.20. The van der Waals surface area contributed by atoms with Crippen LogP contribution in [0.3, 0.4) is 0 Å². The first-order valence-corrected chi connectivity index (χ1v) is 7.11. The van der Waals surface area contributed by atoms with Crippen molar-refractivity contribution >= 4 is 0 Å². The Morgan fingerprint density at radius 2 is 2.05 bits per heavy atom. The highest BCUT2D eigenvalue weighted by molar-refractivity contribution is 5.11. The van der Waals surface area contributed by atoms with Gasteiger partial charge in [-0.05, 0) is 38.1 Å². The molecular formula is C16H25N3. The van der Waals surface area contributed by atoms with E-state index in [2.05, 4.69) is 53.2 Å². The van der Waals surface area contributed by atoms with Crippen molar-refractivity contribution in [2.24, 2.45) is 0 Å². The summed E-state index contributed by atoms with van der Waals surface area (Å²) in [4.78, 5) is 6.93. The molecule has 0 saturated carbocycles. The Labute approximate surface area is 117 Å². The van der Waals surface area contributed by atoms with Gasteiger partial charge in [-0.25, -0.2) is 0 Å². The van der Waals surface area contributed by atoms with Gasteiger partial charge in [0, 0.05) is 13.1 Å². The average Bonchev–Trinajstić information content (AvgIpc) is 2.40. The molecule has 0 aliphatic carbocycles. The molecule has 3 nitrogen and oxygen atoms in total. The Balaban J connectivity index is 2.57. The molecule has 104 valence electrons. The minimum absolute atomic E-state index is 0.688. The van der Waals surface area contributed by atoms with Crippen LogP contribution < -0.4 is 5.32 Å². The van der Waals surface area contributed by atoms with Crippen LogP contribution in [0.2, 0.25) is 0 Å². The Morgan fingerprint density at radius 3 is 2.74 bits per heavy atom. The summed E-state index contributed by atoms with van der Waals surface area (Å²) in [7, 11) is 0. The maximum atomic E-state index is 5.40. The molecule has 1 aromatic rings. The third kappa shape index (κ3) is 6.37. The fourth-order valence-corrected chi connectivity index (χ4v) is 2.00. The van der Waals surface area contributed by atoms with Crippen LogP contribution in [0.25, 0.3) is 0 Å². The monoisotopic (exact) mass is 259 g/mol. The topological polar surface area (TPSA) is 28.2 Å². The second kappa shape index (κ2) is 9.55. The van der Waals surface area contributed by atoms with Gasteiger partial charge in [-0.3, -0.25) is 9.88 Å². The zero-order chi connectivity index (χ0) is 13.9. The molecule has 0 saturated heterocycles. The molecule has 1 aromatic heterocycles. The molecule has 0 amide bonds. The van der Waals surface area contributed by atoms with E-state index < -0.39 is 0 Å². The Morgan fingerprint density at radius 1 is 1.26 bits per heavy atom. The number of rotatable bonds is 9. The van der Waals surface area contributed by atoms with E-state index in [1.165, 1.54) is 0 Å². The molecule has 19 heavy (non-hydrogen) atoms. The maximum Gasteiger partial charge on any atom is 0.0602 e. The van der Waals surface area contributed by atoms with Gasteiger partial charge < -0.3 is 5.32 Å². The summed E-state index contributed by atoms with van der Waals surface area (Å²) < 4.78 is 0. The van der Waals surface area contributed by atoms with Crippen LogP contribution in [-0.2, 0) is 13.1 Å². The lowest BCUT2D eigenvalue weighted by atomic mass is 10.2. The number of hydrogen-bond acceptors (Lipinski definition) is 3. The number of nitrogens with zero attached hydrogens (tertiary/aromatic N) is 2. The molecule has 3 heteroatoms. The summed E-state index contributed by atoms with van der Waals surface area (Å²) in [5.74, 6) is 2.72. The Kier molecular flexibility index (Phi) is 7.88. The molecule has 0 spiro atoms. The molecule has 0 aliphatic heterocycles. The second-order valence-electron chi connectivity index (χ2n) is 4.71. The quantitative estimate of drug-likeness (QED) is 0.545. The van der Waals surface area contributed by atoms with Gasteiger partial charge in [-0.1, -0.05) is 25.8 Å². The van der Waals surface area contributed by atoms with E-state index in [1.807, 2.05) is 0 Å². The van der Waals surface area contributed by atoms with Crippen molar-refractivity contribution in [3.63, 3.8) is 0 Å². The number of pyridine rings is 1. The third-order valence-corrected chi connectivity index (χ3v) is 2.84. The van der Waals surface area contributed by atoms with E-state index in [0.717, 1.165) is 50.4 Å². The van der Waals surface area contributed by atoms with Gasteiger partial charge >= 0.3 is 0 Å². The number of hydrogen-bond donors (Lipinski definition) is 1. The summed E-state index contributed by atoms with van der Waals surface area (Å²) in [6.45, 7) is 8.74. The van der Waals surface area contributed by atoms with E-state index in [-0.39, 0.29) is 0 Å². The number of nitrogens with one attached hydrogen (secondary N) is 1. The first-order chi connectivity index (χ1) is 9.30. The molecule has 0 bridgehead atoms. The summed E-state index contributed by atoms with van der Waals surface area (Å²) >= 11 is 0. The van der Waals surface area contributed by atoms with Crippen LogP contribution in [0.15, 0.2) is 18.2 Å². The summed E-state index contributed by atoms with van der Waals surface area (Å²) in [6.07, 6.45) is 7.66. The molecule has 1 heterocycles. The standard InChI is InChI=1S/C16H25N3/c1-4-10-17-13-15-8-7-9-16(18-15)14-19(11-5-2)12-6-3/h2,7-9,17H,4,6,10-14H2,1,3H3. The number of aromatic nitrogens is 1. The molecule has 0 radical (unpaired) electrons. The van der Waals surface area contributed by atoms with Gasteiger partial charge in [-0.15, -0.1) is 6.42 Å². The Bertz CT molecular complexity index is 395. The highest BCUT2D eigenvalue weighted by atomic mass is 15.1. The lowest BCUT2D eigenvalue weighted by Crippen LogP contribution is -2.25. The zero-order valence-electron chi connectivity index (χ0n) is 12.2. The largest absolute Gasteiger partial charge is 0.311 e. The van der Waals surface area contributed by atoms with Crippen molar-refractivity contribution < 1.29 is 0 Å². The minimum atomic E-state index is 0.688. The minimum Gasteiger partial charge on any atom is -0.311 e. The molecule has 0 aliphatic rings. The van der Waals surface area contributed by atoms with Crippen molar-refractivity contribution in [1.29, 1.82) is 0 Å². The lowest BCUT2D eigenvalue weighted by Gasteiger charge is -2.18. The van der Waals surface area contributed by atoms with E-state index in [9.17, 15) is 0 Å². The molecule has 0 unspecified atom stereocenters. The Hall–Kier alpha value is -1.37. The predicted molar refractivity (Wildman–Crippen MR) is 80.6 cm³/mol. The van der Waals surface area contributed by atoms with Crippen molar-refractivity contribution in [2.75, 3.05) is 19.6 Å². The van der Waals surface area contributed by atoms with E-state index in [0.29, 0.717) is 6.54 Å². The van der Waals surface area contributed by atoms with Crippen molar-refractivity contribution in [2.45, 2.75) is 39.8 Å². The average molecular weight is 259 g/mol. The van der Waals surface area contributed by atoms with Crippen molar-refractivity contribution in [3.8, 4) is 12.3 Å². The third-order valence-electron chi connectivity index (χ3n) is 2.84. The fraction of sp³-hybridized carbons (Fsp3) is 0.562. The van der Waals surface area contributed by atoms with Gasteiger partial charge in [0.1, 0.15) is 0 Å². The highest BCUT2D eigenvalue weighted by Gasteiger charge is 2.05. The van der Waals surface area contributed by atoms with Crippen LogP contribution in [0.4, 0.5) is 0 Å². The molecule has 1 N–H and O–H groups in total. The zero-order valence-corrected chi connectivity index (χ0v) is 12.2. The molecule has 0 atom stereocenters. The summed E-state index contributed by atoms with van der Waals surface area (Å²) in [6, 6.07) is 6.21. The van der Waals surface area contributed by atoms with Crippen LogP contribution in [0.1, 0.15) is 38.1 Å². The fourth-order valence-electron chi connectivity index (χ4n) is 2.00. The van der Waals surface area contributed by atoms with Gasteiger partial charge in [0.25, 0.3) is 0 Å². The maximum absolute atomic E-state index is 5.40. The lowest BCUT2D eigenvalue weighted by molar-refractivity contribution is 0.296. The van der Waals surface area contributed by atoms with Crippen LogP contribution >= 0.6 is 0 Å². The smallest absolute Gasteiger partial charge is 0.0602 e. The first-order valence-electron chi connectivity index (χ1n) is 7.11. The SMILES string of the molecule is C#CCN(CCC)Cc1cccc(CNCCC)n1. The van der Waals surface area contributed by atoms with Gasteiger partial charge in [0.15, 0.2) is 0 Å². The second-order valence-corrected chi connectivity index (χ2v) is 4.71. The van der Waals surface area contributed by atoms with Gasteiger partial charge in [0.2, 0.25) is 0 Å². The first kappa shape index (κ1) is 15.7. The molecular weight excluding hydrogens is 234 g/mol. The summed E-state index contributed by atoms with van der Waals surface area (Å²) in [5, 5.41) is 3.37. The highest BCUT2D eigenvalue weighted by Crippen LogP contribution is 2.04. The number of terminal acetylenes is 1. The molecule has 0 aromatic carbocycles. The van der Waals surface area contributed by atoms with Crippen molar-refractivity contribution in [1.82, 2.24) is 15.2 Å². The molecule has 0 fully saturated rings. The van der Waals surface area contributed by atoms with E-state index >= 15 is 0 Å². The normalized spacial score (nSPS) is 10.6. The molecule has 1 rings (SSSR count). The van der Waals surface area contributed by atoms with Gasteiger partial charge in [-0.2, -0.15) is 0 Å². The van der Waals surface area contributed by atoms with Crippen LogP contribution in [-0.4, -0.2) is 29.5 Å². The van der Waals surface area contributed by atoms with E-state index in [1.54, 1.807) is 0 Å². The van der Waals surface area contributed by atoms with E-state index in [4.69, 9.17) is 6.42 Å². The van der Waals surface area contributed by atoms with Gasteiger partial charge in [0.05, 0.1) is 17.9 Å².